The molecule has 8 nitrogen and oxygen atoms in total. The van der Waals surface area contributed by atoms with E-state index < -0.39 is 24.4 Å². The van der Waals surface area contributed by atoms with Crippen LogP contribution in [0, 0.1) is 11.8 Å². The van der Waals surface area contributed by atoms with Crippen molar-refractivity contribution in [3.8, 4) is 11.5 Å². The van der Waals surface area contributed by atoms with Gasteiger partial charge in [-0.1, -0.05) is 60.1 Å². The lowest BCUT2D eigenvalue weighted by atomic mass is 9.55. The summed E-state index contributed by atoms with van der Waals surface area (Å²) >= 11 is 6.29. The third kappa shape index (κ3) is 3.51. The molecular weight excluding hydrogens is 496 g/mol. The minimum absolute atomic E-state index is 0.0789. The fraction of sp³-hybridized carbons (Fsp3) is 0.214. The Morgan fingerprint density at radius 2 is 1.49 bits per heavy atom. The molecule has 0 saturated carbocycles. The van der Waals surface area contributed by atoms with E-state index in [2.05, 4.69) is 5.10 Å². The number of benzene rings is 3. The third-order valence-corrected chi connectivity index (χ3v) is 7.62. The monoisotopic (exact) mass is 516 g/mol. The first-order valence-corrected chi connectivity index (χ1v) is 12.1. The van der Waals surface area contributed by atoms with E-state index in [1.165, 1.54) is 19.4 Å². The van der Waals surface area contributed by atoms with E-state index in [4.69, 9.17) is 26.2 Å². The van der Waals surface area contributed by atoms with Crippen LogP contribution in [0.1, 0.15) is 39.7 Å². The molecule has 1 heterocycles. The number of hydrogen-bond donors (Lipinski definition) is 1. The molecule has 3 aromatic carbocycles. The number of imide groups is 1. The van der Waals surface area contributed by atoms with Crippen LogP contribution in [0.2, 0.25) is 5.02 Å². The molecule has 186 valence electrons. The second-order valence-corrected chi connectivity index (χ2v) is 9.62. The highest BCUT2D eigenvalue weighted by atomic mass is 35.5. The van der Waals surface area contributed by atoms with Crippen molar-refractivity contribution in [3.05, 3.63) is 93.5 Å². The van der Waals surface area contributed by atoms with Crippen LogP contribution in [-0.2, 0) is 14.4 Å². The first kappa shape index (κ1) is 23.2. The quantitative estimate of drug-likeness (QED) is 0.391. The molecule has 9 heteroatoms. The standard InChI is InChI=1S/C28H21ClN2O6/c1-36-20-11-14(10-19(29)26(20)37-13-21(32)33)12-30-31-27(34)24-22-15-6-2-3-7-16(15)23(25(24)28(31)35)18-9-5-4-8-17(18)22/h2-12,22-25H,13H2,1H3,(H,32,33)/b30-12-/t22?,23?,24-,25-/m0/s1. The second-order valence-electron chi connectivity index (χ2n) is 9.21. The molecule has 2 atom stereocenters. The number of hydrogen-bond acceptors (Lipinski definition) is 6. The van der Waals surface area contributed by atoms with E-state index in [0.29, 0.717) is 5.56 Å². The van der Waals surface area contributed by atoms with Crippen molar-refractivity contribution in [1.82, 2.24) is 5.01 Å². The van der Waals surface area contributed by atoms with E-state index in [-0.39, 0.29) is 40.2 Å². The Labute approximate surface area is 217 Å². The van der Waals surface area contributed by atoms with Crippen molar-refractivity contribution in [1.29, 1.82) is 0 Å². The summed E-state index contributed by atoms with van der Waals surface area (Å²) in [5.41, 5.74) is 4.82. The fourth-order valence-electron chi connectivity index (χ4n) is 5.99. The molecule has 37 heavy (non-hydrogen) atoms. The van der Waals surface area contributed by atoms with Gasteiger partial charge in [-0.2, -0.15) is 10.1 Å². The number of nitrogens with zero attached hydrogens (tertiary/aromatic N) is 2. The van der Waals surface area contributed by atoms with E-state index in [9.17, 15) is 14.4 Å². The predicted octanol–water partition coefficient (Wildman–Crippen LogP) is 4.04. The highest BCUT2D eigenvalue weighted by Crippen LogP contribution is 2.60. The maximum absolute atomic E-state index is 13.6. The Morgan fingerprint density at radius 3 is 1.95 bits per heavy atom. The van der Waals surface area contributed by atoms with Gasteiger partial charge in [-0.25, -0.2) is 4.79 Å². The van der Waals surface area contributed by atoms with Gasteiger partial charge in [0.1, 0.15) is 0 Å². The van der Waals surface area contributed by atoms with Crippen molar-refractivity contribution >= 4 is 35.6 Å². The van der Waals surface area contributed by atoms with Gasteiger partial charge in [0.05, 0.1) is 30.2 Å². The van der Waals surface area contributed by atoms with Crippen LogP contribution in [0.15, 0.2) is 65.8 Å². The maximum Gasteiger partial charge on any atom is 0.341 e. The summed E-state index contributed by atoms with van der Waals surface area (Å²) < 4.78 is 10.5. The van der Waals surface area contributed by atoms with Crippen molar-refractivity contribution in [2.24, 2.45) is 16.9 Å². The largest absolute Gasteiger partial charge is 0.493 e. The first-order chi connectivity index (χ1) is 17.9. The summed E-state index contributed by atoms with van der Waals surface area (Å²) in [5.74, 6) is -3.00. The van der Waals surface area contributed by atoms with Gasteiger partial charge < -0.3 is 14.6 Å². The van der Waals surface area contributed by atoms with Gasteiger partial charge in [0.15, 0.2) is 18.1 Å². The number of hydrazone groups is 1. The van der Waals surface area contributed by atoms with E-state index in [1.54, 1.807) is 6.07 Å². The number of halogens is 1. The zero-order valence-electron chi connectivity index (χ0n) is 19.6. The summed E-state index contributed by atoms with van der Waals surface area (Å²) in [6.07, 6.45) is 1.37. The minimum atomic E-state index is -1.16. The fourth-order valence-corrected chi connectivity index (χ4v) is 6.26. The van der Waals surface area contributed by atoms with Gasteiger partial charge in [0.25, 0.3) is 11.8 Å². The van der Waals surface area contributed by atoms with Gasteiger partial charge in [-0.05, 0) is 39.9 Å². The molecule has 3 aliphatic carbocycles. The summed E-state index contributed by atoms with van der Waals surface area (Å²) in [4.78, 5) is 38.1. The molecule has 1 aliphatic heterocycles. The van der Waals surface area contributed by atoms with Crippen LogP contribution in [-0.4, -0.2) is 47.8 Å². The number of rotatable bonds is 6. The highest BCUT2D eigenvalue weighted by Gasteiger charge is 2.61. The summed E-state index contributed by atoms with van der Waals surface area (Å²) in [5, 5.41) is 14.3. The number of amides is 2. The van der Waals surface area contributed by atoms with Gasteiger partial charge in [0, 0.05) is 11.8 Å². The molecule has 3 aromatic rings. The number of carbonyl (C=O) groups excluding carboxylic acids is 2. The molecular formula is C28H21ClN2O6. The maximum atomic E-state index is 13.6. The van der Waals surface area contributed by atoms with Crippen LogP contribution in [0.4, 0.5) is 0 Å². The molecule has 2 bridgehead atoms. The number of ether oxygens (including phenoxy) is 2. The van der Waals surface area contributed by atoms with Crippen molar-refractivity contribution in [2.75, 3.05) is 13.7 Å². The molecule has 0 aromatic heterocycles. The summed E-state index contributed by atoms with van der Waals surface area (Å²) in [6.45, 7) is -0.587. The van der Waals surface area contributed by atoms with Gasteiger partial charge in [-0.3, -0.25) is 9.59 Å². The molecule has 1 fully saturated rings. The Kier molecular flexibility index (Phi) is 5.49. The number of carbonyl (C=O) groups is 3. The molecule has 1 N–H and O–H groups in total. The molecule has 2 amide bonds. The lowest BCUT2D eigenvalue weighted by Crippen LogP contribution is -2.41. The zero-order valence-corrected chi connectivity index (χ0v) is 20.4. The smallest absolute Gasteiger partial charge is 0.341 e. The number of aliphatic carboxylic acids is 1. The summed E-state index contributed by atoms with van der Waals surface area (Å²) in [6, 6.07) is 19.1. The lowest BCUT2D eigenvalue weighted by molar-refractivity contribution is -0.140. The average Bonchev–Trinajstić information content (AvgIpc) is 3.16. The van der Waals surface area contributed by atoms with Gasteiger partial charge in [0.2, 0.25) is 0 Å². The van der Waals surface area contributed by atoms with E-state index in [0.717, 1.165) is 27.3 Å². The van der Waals surface area contributed by atoms with Crippen LogP contribution in [0.5, 0.6) is 11.5 Å². The molecule has 0 spiro atoms. The van der Waals surface area contributed by atoms with Crippen LogP contribution >= 0.6 is 11.6 Å². The van der Waals surface area contributed by atoms with Crippen LogP contribution < -0.4 is 9.47 Å². The van der Waals surface area contributed by atoms with Gasteiger partial charge in [-0.15, -0.1) is 0 Å². The Balaban J connectivity index is 1.35. The zero-order chi connectivity index (χ0) is 25.8. The molecule has 7 rings (SSSR count). The first-order valence-electron chi connectivity index (χ1n) is 11.7. The normalized spacial score (nSPS) is 23.1. The summed E-state index contributed by atoms with van der Waals surface area (Å²) in [7, 11) is 1.39. The number of carboxylic acids is 1. The van der Waals surface area contributed by atoms with Crippen molar-refractivity contribution < 1.29 is 29.0 Å². The van der Waals surface area contributed by atoms with Gasteiger partial charge >= 0.3 is 5.97 Å². The third-order valence-electron chi connectivity index (χ3n) is 7.34. The number of methoxy groups -OCH3 is 1. The minimum Gasteiger partial charge on any atom is -0.493 e. The lowest BCUT2D eigenvalue weighted by Gasteiger charge is -2.45. The van der Waals surface area contributed by atoms with Crippen LogP contribution in [0.25, 0.3) is 0 Å². The number of carboxylic acid groups (broad SMARTS) is 1. The second kappa shape index (κ2) is 8.74. The van der Waals surface area contributed by atoms with E-state index in [1.807, 2.05) is 48.5 Å². The van der Waals surface area contributed by atoms with Crippen molar-refractivity contribution in [2.45, 2.75) is 11.8 Å². The molecule has 0 radical (unpaired) electrons. The van der Waals surface area contributed by atoms with Crippen molar-refractivity contribution in [3.63, 3.8) is 0 Å². The average molecular weight is 517 g/mol. The SMILES string of the molecule is COc1cc(/C=N\N2C(=O)[C@H]3C4c5ccccc5C(c5ccccc54)[C@@H]3C2=O)cc(Cl)c1OCC(=O)O. The highest BCUT2D eigenvalue weighted by molar-refractivity contribution is 6.32. The topological polar surface area (TPSA) is 106 Å². The molecule has 4 aliphatic rings. The Bertz CT molecular complexity index is 1390. The Morgan fingerprint density at radius 1 is 0.973 bits per heavy atom. The Hall–Kier alpha value is -4.17. The van der Waals surface area contributed by atoms with E-state index >= 15 is 0 Å². The molecule has 1 saturated heterocycles. The molecule has 0 unspecified atom stereocenters. The van der Waals surface area contributed by atoms with Crippen LogP contribution in [0.3, 0.4) is 0 Å². The predicted molar refractivity (Wildman–Crippen MR) is 134 cm³/mol.